The van der Waals surface area contributed by atoms with Gasteiger partial charge in [-0.2, -0.15) is 11.3 Å². The Balaban J connectivity index is 1.26. The van der Waals surface area contributed by atoms with Crippen molar-refractivity contribution in [2.45, 2.75) is 104 Å². The van der Waals surface area contributed by atoms with Crippen LogP contribution in [-0.4, -0.2) is 6.71 Å². The molecule has 0 amide bonds. The summed E-state index contributed by atoms with van der Waals surface area (Å²) < 4.78 is 1.49. The van der Waals surface area contributed by atoms with Gasteiger partial charge in [0.2, 0.25) is 0 Å². The van der Waals surface area contributed by atoms with Crippen molar-refractivity contribution in [1.82, 2.24) is 0 Å². The fourth-order valence-electron chi connectivity index (χ4n) is 9.89. The molecule has 2 aliphatic heterocycles. The van der Waals surface area contributed by atoms with Gasteiger partial charge in [0, 0.05) is 55.2 Å². The predicted octanol–water partition coefficient (Wildman–Crippen LogP) is 14.1. The minimum atomic E-state index is -0.0720. The van der Waals surface area contributed by atoms with Crippen molar-refractivity contribution in [2.24, 2.45) is 0 Å². The van der Waals surface area contributed by atoms with E-state index in [1.165, 1.54) is 79.4 Å². The molecule has 3 nitrogen and oxygen atoms in total. The van der Waals surface area contributed by atoms with Gasteiger partial charge in [-0.05, 0) is 148 Å². The van der Waals surface area contributed by atoms with Gasteiger partial charge < -0.3 is 14.7 Å². The number of fused-ring (bicyclic) bond motifs is 6. The Morgan fingerprint density at radius 2 is 0.984 bits per heavy atom. The van der Waals surface area contributed by atoms with Crippen LogP contribution in [0.15, 0.2) is 140 Å². The van der Waals surface area contributed by atoms with E-state index in [1.807, 2.05) is 0 Å². The number of benzene rings is 6. The Labute approximate surface area is 368 Å². The molecule has 5 heteroatoms. The summed E-state index contributed by atoms with van der Waals surface area (Å²) in [5, 5.41) is 0. The molecule has 1 aromatic heterocycles. The van der Waals surface area contributed by atoms with Crippen molar-refractivity contribution in [2.75, 3.05) is 14.7 Å². The maximum Gasteiger partial charge on any atom is 0.264 e. The lowest BCUT2D eigenvalue weighted by Gasteiger charge is -2.44. The molecule has 0 saturated heterocycles. The standard InChI is InChI=1S/C56H58BN3S/c1-54(2,3)37-24-28-42(29-25-37)58(43-30-26-38(27-31-43)55(4,5)6)44-32-33-46-47(36-44)59(40-18-12-10-13-19-40)48-34-39(56(7,8)9)35-49-51(48)57(46)53-52(45-22-16-17-23-50(45)61-53)60(49)41-20-14-11-15-21-41/h10-15,18-21,24-36H,16-17,22-23H2,1-9H3. The largest absolute Gasteiger partial charge is 0.311 e. The number of nitrogens with zero attached hydrogens (tertiary/aromatic N) is 3. The van der Waals surface area contributed by atoms with E-state index in [4.69, 9.17) is 0 Å². The van der Waals surface area contributed by atoms with E-state index in [1.54, 1.807) is 10.4 Å². The lowest BCUT2D eigenvalue weighted by atomic mass is 9.36. The molecule has 0 unspecified atom stereocenters. The first-order chi connectivity index (χ1) is 29.2. The predicted molar refractivity (Wildman–Crippen MR) is 266 cm³/mol. The third-order valence-electron chi connectivity index (χ3n) is 13.3. The third-order valence-corrected chi connectivity index (χ3v) is 14.6. The quantitative estimate of drug-likeness (QED) is 0.160. The van der Waals surface area contributed by atoms with Crippen LogP contribution >= 0.6 is 11.3 Å². The second-order valence-electron chi connectivity index (χ2n) is 20.5. The first-order valence-corrected chi connectivity index (χ1v) is 23.2. The molecule has 0 fully saturated rings. The minimum absolute atomic E-state index is 0.0633. The van der Waals surface area contributed by atoms with E-state index in [-0.39, 0.29) is 23.0 Å². The third kappa shape index (κ3) is 6.81. The fourth-order valence-corrected chi connectivity index (χ4v) is 11.4. The highest BCUT2D eigenvalue weighted by Gasteiger charge is 2.47. The smallest absolute Gasteiger partial charge is 0.264 e. The average Bonchev–Trinajstić information content (AvgIpc) is 3.63. The van der Waals surface area contributed by atoms with Gasteiger partial charge >= 0.3 is 0 Å². The van der Waals surface area contributed by atoms with Crippen molar-refractivity contribution < 1.29 is 0 Å². The zero-order valence-corrected chi connectivity index (χ0v) is 38.3. The molecule has 0 bridgehead atoms. The number of hydrogen-bond donors (Lipinski definition) is 0. The highest BCUT2D eigenvalue weighted by atomic mass is 32.1. The Morgan fingerprint density at radius 3 is 1.52 bits per heavy atom. The molecule has 0 spiro atoms. The molecule has 10 rings (SSSR count). The van der Waals surface area contributed by atoms with Gasteiger partial charge in [-0.3, -0.25) is 0 Å². The first kappa shape index (κ1) is 39.6. The lowest BCUT2D eigenvalue weighted by molar-refractivity contribution is 0.590. The fraction of sp³-hybridized carbons (Fsp3) is 0.286. The Kier molecular flexibility index (Phi) is 9.45. The Morgan fingerprint density at radius 1 is 0.492 bits per heavy atom. The number of rotatable bonds is 5. The van der Waals surface area contributed by atoms with E-state index >= 15 is 0 Å². The summed E-state index contributed by atoms with van der Waals surface area (Å²) in [5.74, 6) is 0. The number of hydrogen-bond acceptors (Lipinski definition) is 4. The average molecular weight is 816 g/mol. The van der Waals surface area contributed by atoms with E-state index in [2.05, 4.69) is 228 Å². The molecule has 306 valence electrons. The molecule has 61 heavy (non-hydrogen) atoms. The van der Waals surface area contributed by atoms with Crippen molar-refractivity contribution in [3.8, 4) is 0 Å². The minimum Gasteiger partial charge on any atom is -0.311 e. The maximum atomic E-state index is 2.65. The van der Waals surface area contributed by atoms with Crippen LogP contribution in [-0.2, 0) is 29.1 Å². The lowest BCUT2D eigenvalue weighted by Crippen LogP contribution is -2.60. The Hall–Kier alpha value is -5.52. The van der Waals surface area contributed by atoms with Crippen LogP contribution in [0.4, 0.5) is 51.2 Å². The molecule has 6 aromatic carbocycles. The van der Waals surface area contributed by atoms with Gasteiger partial charge in [0.25, 0.3) is 6.71 Å². The van der Waals surface area contributed by atoms with Crippen LogP contribution in [0.1, 0.15) is 102 Å². The molecule has 1 aliphatic carbocycles. The van der Waals surface area contributed by atoms with Crippen LogP contribution in [0.25, 0.3) is 0 Å². The highest BCUT2D eigenvalue weighted by Crippen LogP contribution is 2.50. The number of aryl methyl sites for hydroxylation is 1. The zero-order valence-electron chi connectivity index (χ0n) is 37.4. The van der Waals surface area contributed by atoms with Gasteiger partial charge in [0.05, 0.1) is 5.69 Å². The van der Waals surface area contributed by atoms with Crippen LogP contribution in [0.5, 0.6) is 0 Å². The van der Waals surface area contributed by atoms with Crippen LogP contribution in [0.3, 0.4) is 0 Å². The summed E-state index contributed by atoms with van der Waals surface area (Å²) in [6, 6.07) is 53.1. The molecule has 3 aliphatic rings. The molecule has 0 radical (unpaired) electrons. The summed E-state index contributed by atoms with van der Waals surface area (Å²) in [6.07, 6.45) is 4.81. The first-order valence-electron chi connectivity index (χ1n) is 22.4. The summed E-state index contributed by atoms with van der Waals surface area (Å²) in [7, 11) is 0. The highest BCUT2D eigenvalue weighted by molar-refractivity contribution is 7.29. The summed E-state index contributed by atoms with van der Waals surface area (Å²) in [5.41, 5.74) is 19.5. The summed E-state index contributed by atoms with van der Waals surface area (Å²) in [6.45, 7) is 21.0. The van der Waals surface area contributed by atoms with Gasteiger partial charge in [0.1, 0.15) is 0 Å². The zero-order chi connectivity index (χ0) is 42.4. The van der Waals surface area contributed by atoms with Gasteiger partial charge in [0.15, 0.2) is 0 Å². The van der Waals surface area contributed by atoms with Crippen molar-refractivity contribution >= 4 is 84.9 Å². The van der Waals surface area contributed by atoms with Crippen molar-refractivity contribution in [3.05, 3.63) is 167 Å². The van der Waals surface area contributed by atoms with E-state index in [0.29, 0.717) is 0 Å². The molecule has 0 N–H and O–H groups in total. The Bertz CT molecular complexity index is 2690. The molecular formula is C56H58BN3S. The van der Waals surface area contributed by atoms with Crippen molar-refractivity contribution in [1.29, 1.82) is 0 Å². The van der Waals surface area contributed by atoms with Crippen molar-refractivity contribution in [3.63, 3.8) is 0 Å². The van der Waals surface area contributed by atoms with Crippen LogP contribution in [0, 0.1) is 0 Å². The number of anilines is 9. The molecule has 3 heterocycles. The number of thiophene rings is 1. The maximum absolute atomic E-state index is 2.65. The topological polar surface area (TPSA) is 9.72 Å². The molecular weight excluding hydrogens is 758 g/mol. The van der Waals surface area contributed by atoms with Gasteiger partial charge in [-0.25, -0.2) is 0 Å². The van der Waals surface area contributed by atoms with Gasteiger partial charge in [-0.1, -0.05) is 129 Å². The monoisotopic (exact) mass is 815 g/mol. The van der Waals surface area contributed by atoms with E-state index in [0.717, 1.165) is 29.9 Å². The second-order valence-corrected chi connectivity index (χ2v) is 21.7. The van der Waals surface area contributed by atoms with Crippen LogP contribution < -0.4 is 30.4 Å². The molecule has 0 saturated carbocycles. The van der Waals surface area contributed by atoms with E-state index in [9.17, 15) is 0 Å². The molecule has 0 atom stereocenters. The van der Waals surface area contributed by atoms with Crippen LogP contribution in [0.2, 0.25) is 0 Å². The second kappa shape index (κ2) is 14.6. The summed E-state index contributed by atoms with van der Waals surface area (Å²) >= 11 is 2.09. The molecule has 7 aromatic rings. The normalized spacial score (nSPS) is 14.6. The SMILES string of the molecule is CC(C)(C)c1ccc(N(c2ccc(C(C)(C)C)cc2)c2ccc3c(c2)N(c2ccccc2)c2cc(C(C)(C)C)cc4c2B3c2sc3c(c2N4c2ccccc2)CCCC3)cc1. The summed E-state index contributed by atoms with van der Waals surface area (Å²) in [4.78, 5) is 9.26. The van der Waals surface area contributed by atoms with Gasteiger partial charge in [-0.15, -0.1) is 0 Å². The number of para-hydroxylation sites is 2. The van der Waals surface area contributed by atoms with E-state index < -0.39 is 0 Å².